The summed E-state index contributed by atoms with van der Waals surface area (Å²) in [5, 5.41) is 11.4. The molecular formula is C25H25F2N3O4S. The van der Waals surface area contributed by atoms with Gasteiger partial charge in [-0.15, -0.1) is 0 Å². The largest absolute Gasteiger partial charge is 0.390 e. The first-order valence-corrected chi connectivity index (χ1v) is 12.9. The number of pyridine rings is 1. The van der Waals surface area contributed by atoms with Crippen molar-refractivity contribution in [3.05, 3.63) is 66.4 Å². The number of sulfonamides is 1. The lowest BCUT2D eigenvalue weighted by Crippen LogP contribution is -2.47. The van der Waals surface area contributed by atoms with Gasteiger partial charge in [0, 0.05) is 48.3 Å². The van der Waals surface area contributed by atoms with Gasteiger partial charge in [-0.05, 0) is 55.7 Å². The number of aliphatic hydroxyl groups is 1. The maximum atomic E-state index is 13.2. The van der Waals surface area contributed by atoms with Crippen LogP contribution in [-0.2, 0) is 10.0 Å². The molecule has 0 radical (unpaired) electrons. The minimum atomic E-state index is -3.91. The van der Waals surface area contributed by atoms with Crippen LogP contribution in [0.25, 0.3) is 10.9 Å². The van der Waals surface area contributed by atoms with Crippen LogP contribution in [0.4, 0.5) is 14.5 Å². The fourth-order valence-electron chi connectivity index (χ4n) is 4.65. The molecule has 1 unspecified atom stereocenters. The topological polar surface area (TPSA) is 99.6 Å². The third-order valence-electron chi connectivity index (χ3n) is 6.83. The van der Waals surface area contributed by atoms with E-state index in [-0.39, 0.29) is 49.6 Å². The summed E-state index contributed by atoms with van der Waals surface area (Å²) in [5.74, 6) is -3.69. The van der Waals surface area contributed by atoms with Gasteiger partial charge in [-0.1, -0.05) is 18.2 Å². The highest BCUT2D eigenvalue weighted by Crippen LogP contribution is 2.53. The van der Waals surface area contributed by atoms with Gasteiger partial charge in [0.25, 0.3) is 21.9 Å². The van der Waals surface area contributed by atoms with E-state index in [0.717, 1.165) is 0 Å². The summed E-state index contributed by atoms with van der Waals surface area (Å²) in [7, 11) is -3.91. The zero-order chi connectivity index (χ0) is 24.8. The van der Waals surface area contributed by atoms with Crippen LogP contribution in [0.15, 0.2) is 65.7 Å². The molecule has 1 aliphatic heterocycles. The zero-order valence-electron chi connectivity index (χ0n) is 18.8. The van der Waals surface area contributed by atoms with Crippen LogP contribution in [0, 0.1) is 5.92 Å². The number of nitrogens with one attached hydrogen (secondary N) is 1. The summed E-state index contributed by atoms with van der Waals surface area (Å²) >= 11 is 0. The van der Waals surface area contributed by atoms with E-state index in [4.69, 9.17) is 0 Å². The second-order valence-electron chi connectivity index (χ2n) is 9.40. The molecule has 0 spiro atoms. The molecule has 7 nitrogen and oxygen atoms in total. The number of fused-ring (bicyclic) bond motifs is 1. The van der Waals surface area contributed by atoms with Gasteiger partial charge in [0.05, 0.1) is 11.1 Å². The Morgan fingerprint density at radius 3 is 2.40 bits per heavy atom. The maximum Gasteiger partial charge on any atom is 0.264 e. The Labute approximate surface area is 201 Å². The quantitative estimate of drug-likeness (QED) is 0.531. The summed E-state index contributed by atoms with van der Waals surface area (Å²) in [4.78, 5) is 18.7. The molecule has 35 heavy (non-hydrogen) atoms. The number of hydrogen-bond acceptors (Lipinski definition) is 5. The number of amides is 1. The van der Waals surface area contributed by atoms with E-state index in [1.807, 2.05) is 0 Å². The van der Waals surface area contributed by atoms with Crippen LogP contribution in [0.5, 0.6) is 0 Å². The van der Waals surface area contributed by atoms with Crippen molar-refractivity contribution in [1.29, 1.82) is 0 Å². The first-order chi connectivity index (χ1) is 16.6. The van der Waals surface area contributed by atoms with Crippen molar-refractivity contribution >= 4 is 32.5 Å². The fraction of sp³-hybridized carbons (Fsp3) is 0.360. The van der Waals surface area contributed by atoms with Crippen molar-refractivity contribution in [3.63, 3.8) is 0 Å². The van der Waals surface area contributed by atoms with Crippen LogP contribution >= 0.6 is 0 Å². The van der Waals surface area contributed by atoms with Crippen LogP contribution in [0.3, 0.4) is 0 Å². The van der Waals surface area contributed by atoms with E-state index < -0.39 is 27.5 Å². The van der Waals surface area contributed by atoms with E-state index in [1.54, 1.807) is 29.2 Å². The lowest BCUT2D eigenvalue weighted by Gasteiger charge is -2.38. The summed E-state index contributed by atoms with van der Waals surface area (Å²) in [5.41, 5.74) is -0.128. The van der Waals surface area contributed by atoms with Crippen molar-refractivity contribution < 1.29 is 27.1 Å². The Morgan fingerprint density at radius 1 is 1.09 bits per heavy atom. The molecule has 10 heteroatoms. The Bertz CT molecular complexity index is 1370. The zero-order valence-corrected chi connectivity index (χ0v) is 19.6. The van der Waals surface area contributed by atoms with Crippen molar-refractivity contribution in [2.24, 2.45) is 5.92 Å². The number of hydrogen-bond donors (Lipinski definition) is 2. The Hall–Kier alpha value is -3.11. The predicted octanol–water partition coefficient (Wildman–Crippen LogP) is 4.05. The molecule has 2 aliphatic rings. The first kappa shape index (κ1) is 23.6. The second kappa shape index (κ2) is 8.53. The van der Waals surface area contributed by atoms with E-state index >= 15 is 0 Å². The fourth-order valence-corrected chi connectivity index (χ4v) is 5.89. The molecule has 1 aromatic heterocycles. The summed E-state index contributed by atoms with van der Waals surface area (Å²) < 4.78 is 54.9. The average molecular weight is 502 g/mol. The summed E-state index contributed by atoms with van der Waals surface area (Å²) in [6.45, 7) is 0.548. The monoisotopic (exact) mass is 501 g/mol. The third kappa shape index (κ3) is 4.85. The molecule has 3 aromatic rings. The van der Waals surface area contributed by atoms with Gasteiger partial charge in [0.15, 0.2) is 0 Å². The number of carbonyl (C=O) groups excluding carboxylic acids is 1. The van der Waals surface area contributed by atoms with E-state index in [9.17, 15) is 27.1 Å². The number of para-hydroxylation sites is 1. The van der Waals surface area contributed by atoms with E-state index in [0.29, 0.717) is 22.2 Å². The normalized spacial score (nSPS) is 21.0. The molecule has 5 rings (SSSR count). The highest BCUT2D eigenvalue weighted by atomic mass is 32.2. The standard InChI is InChI=1S/C25H25F2N3O4S/c26-25(27)16-19(25)15-24(32)10-13-30(14-11-24)23(31)18-6-8-20(9-7-18)29-35(33,34)21-5-1-3-17-4-2-12-28-22(17)21/h1-9,12,19,29,32H,10-11,13-16H2. The number of anilines is 1. The lowest BCUT2D eigenvalue weighted by atomic mass is 9.86. The van der Waals surface area contributed by atoms with Gasteiger partial charge < -0.3 is 10.0 Å². The molecule has 1 saturated carbocycles. The van der Waals surface area contributed by atoms with Gasteiger partial charge in [0.1, 0.15) is 4.90 Å². The lowest BCUT2D eigenvalue weighted by molar-refractivity contribution is -0.0366. The number of likely N-dealkylation sites (tertiary alicyclic amines) is 1. The minimum Gasteiger partial charge on any atom is -0.390 e. The SMILES string of the molecule is O=C(c1ccc(NS(=O)(=O)c2cccc3cccnc23)cc1)N1CCC(O)(CC2CC2(F)F)CC1. The third-order valence-corrected chi connectivity index (χ3v) is 8.25. The Balaban J connectivity index is 1.23. The second-order valence-corrected chi connectivity index (χ2v) is 11.0. The number of alkyl halides is 2. The number of rotatable bonds is 6. The highest BCUT2D eigenvalue weighted by Gasteiger charge is 2.59. The number of carbonyl (C=O) groups is 1. The number of halogens is 2. The van der Waals surface area contributed by atoms with Crippen molar-refractivity contribution in [1.82, 2.24) is 9.88 Å². The number of benzene rings is 2. The molecule has 2 aromatic carbocycles. The molecule has 1 aliphatic carbocycles. The Kier molecular flexibility index (Phi) is 5.76. The van der Waals surface area contributed by atoms with Crippen LogP contribution in [0.2, 0.25) is 0 Å². The van der Waals surface area contributed by atoms with Crippen LogP contribution in [0.1, 0.15) is 36.0 Å². The Morgan fingerprint density at radius 2 is 1.74 bits per heavy atom. The molecule has 2 fully saturated rings. The molecule has 1 amide bonds. The van der Waals surface area contributed by atoms with E-state index in [2.05, 4.69) is 9.71 Å². The maximum absolute atomic E-state index is 13.2. The minimum absolute atomic E-state index is 0.0560. The number of aromatic nitrogens is 1. The predicted molar refractivity (Wildman–Crippen MR) is 127 cm³/mol. The van der Waals surface area contributed by atoms with Gasteiger partial charge >= 0.3 is 0 Å². The van der Waals surface area contributed by atoms with Crippen molar-refractivity contribution in [2.45, 2.75) is 42.1 Å². The van der Waals surface area contributed by atoms with Crippen molar-refractivity contribution in [3.8, 4) is 0 Å². The van der Waals surface area contributed by atoms with Gasteiger partial charge in [-0.3, -0.25) is 14.5 Å². The number of nitrogens with zero attached hydrogens (tertiary/aromatic N) is 2. The number of piperidine rings is 1. The average Bonchev–Trinajstić information content (AvgIpc) is 3.43. The van der Waals surface area contributed by atoms with Gasteiger partial charge in [-0.25, -0.2) is 17.2 Å². The molecule has 1 atom stereocenters. The van der Waals surface area contributed by atoms with Crippen LogP contribution in [-0.4, -0.2) is 53.9 Å². The molecular weight excluding hydrogens is 476 g/mol. The smallest absolute Gasteiger partial charge is 0.264 e. The van der Waals surface area contributed by atoms with Gasteiger partial charge in [-0.2, -0.15) is 0 Å². The summed E-state index contributed by atoms with van der Waals surface area (Å²) in [6.07, 6.45) is 1.92. The van der Waals surface area contributed by atoms with Gasteiger partial charge in [0.2, 0.25) is 0 Å². The molecule has 2 N–H and O–H groups in total. The molecule has 2 heterocycles. The van der Waals surface area contributed by atoms with Crippen LogP contribution < -0.4 is 4.72 Å². The summed E-state index contributed by atoms with van der Waals surface area (Å²) in [6, 6.07) is 14.5. The molecule has 0 bridgehead atoms. The van der Waals surface area contributed by atoms with Crippen molar-refractivity contribution in [2.75, 3.05) is 17.8 Å². The molecule has 1 saturated heterocycles. The van der Waals surface area contributed by atoms with E-state index in [1.165, 1.54) is 36.5 Å². The highest BCUT2D eigenvalue weighted by molar-refractivity contribution is 7.93. The first-order valence-electron chi connectivity index (χ1n) is 11.4. The molecule has 184 valence electrons.